The lowest BCUT2D eigenvalue weighted by molar-refractivity contribution is -0.161. The highest BCUT2D eigenvalue weighted by Gasteiger charge is 2.16. The summed E-state index contributed by atoms with van der Waals surface area (Å²) in [6.45, 7) is 3.84. The van der Waals surface area contributed by atoms with Crippen LogP contribution in [0.2, 0.25) is 0 Å². The van der Waals surface area contributed by atoms with E-state index in [0.717, 1.165) is 141 Å². The SMILES string of the molecule is CC/C=C\C/C=C\C/C=C\C/C=C\C/C=C\C/C=C\C/C=C\C/C=C\C/C=C\CCCCCCCCCC(=O)OC(CO)COC(=O)CCCC/C=C\C/C=C\C/C=C\C/C=C\C/C=C\C/C=C\CC. The summed E-state index contributed by atoms with van der Waals surface area (Å²) >= 11 is 0. The van der Waals surface area contributed by atoms with Crippen LogP contribution in [0.1, 0.15) is 194 Å². The topological polar surface area (TPSA) is 72.8 Å². The van der Waals surface area contributed by atoms with Gasteiger partial charge in [-0.1, -0.05) is 228 Å². The largest absolute Gasteiger partial charge is 0.462 e. The van der Waals surface area contributed by atoms with E-state index in [1.54, 1.807) is 0 Å². The fourth-order valence-corrected chi connectivity index (χ4v) is 6.67. The number of hydrogen-bond acceptors (Lipinski definition) is 5. The summed E-state index contributed by atoms with van der Waals surface area (Å²) in [7, 11) is 0. The van der Waals surface area contributed by atoms with Crippen molar-refractivity contribution < 1.29 is 24.2 Å². The summed E-state index contributed by atoms with van der Waals surface area (Å²) in [5.74, 6) is -0.671. The van der Waals surface area contributed by atoms with Crippen molar-refractivity contribution in [3.63, 3.8) is 0 Å². The van der Waals surface area contributed by atoms with Crippen molar-refractivity contribution in [2.24, 2.45) is 0 Å². The van der Waals surface area contributed by atoms with E-state index >= 15 is 0 Å². The molecule has 1 atom stereocenters. The monoisotopic (exact) mass is 959 g/mol. The Morgan fingerprint density at radius 1 is 0.329 bits per heavy atom. The van der Waals surface area contributed by atoms with Gasteiger partial charge in [-0.25, -0.2) is 0 Å². The molecule has 0 amide bonds. The first-order chi connectivity index (χ1) is 34.6. The molecule has 0 saturated carbocycles. The molecule has 388 valence electrons. The van der Waals surface area contributed by atoms with Crippen molar-refractivity contribution in [3.05, 3.63) is 182 Å². The third-order valence-electron chi connectivity index (χ3n) is 10.7. The fraction of sp³-hybridized carbons (Fsp3) is 0.508. The normalized spacial score (nSPS) is 13.7. The summed E-state index contributed by atoms with van der Waals surface area (Å²) in [6, 6.07) is 0. The molecule has 70 heavy (non-hydrogen) atoms. The first-order valence-electron chi connectivity index (χ1n) is 27.3. The van der Waals surface area contributed by atoms with Gasteiger partial charge in [0, 0.05) is 12.8 Å². The zero-order valence-electron chi connectivity index (χ0n) is 44.2. The van der Waals surface area contributed by atoms with Crippen molar-refractivity contribution in [2.45, 2.75) is 200 Å². The Hall–Kier alpha value is -5.00. The number of esters is 2. The third kappa shape index (κ3) is 55.6. The van der Waals surface area contributed by atoms with E-state index in [0.29, 0.717) is 12.8 Å². The van der Waals surface area contributed by atoms with E-state index in [2.05, 4.69) is 196 Å². The molecule has 0 radical (unpaired) electrons. The van der Waals surface area contributed by atoms with Gasteiger partial charge in [-0.15, -0.1) is 0 Å². The number of hydrogen-bond donors (Lipinski definition) is 1. The molecule has 0 saturated heterocycles. The van der Waals surface area contributed by atoms with Gasteiger partial charge < -0.3 is 14.6 Å². The van der Waals surface area contributed by atoms with Crippen LogP contribution in [0.4, 0.5) is 0 Å². The summed E-state index contributed by atoms with van der Waals surface area (Å²) in [4.78, 5) is 24.5. The van der Waals surface area contributed by atoms with Crippen molar-refractivity contribution in [3.8, 4) is 0 Å². The molecular formula is C65H98O5. The van der Waals surface area contributed by atoms with E-state index in [1.165, 1.54) is 25.7 Å². The smallest absolute Gasteiger partial charge is 0.306 e. The van der Waals surface area contributed by atoms with Crippen LogP contribution < -0.4 is 0 Å². The van der Waals surface area contributed by atoms with Crippen LogP contribution in [0.15, 0.2) is 182 Å². The fourth-order valence-electron chi connectivity index (χ4n) is 6.67. The highest BCUT2D eigenvalue weighted by molar-refractivity contribution is 5.70. The Morgan fingerprint density at radius 3 is 0.886 bits per heavy atom. The number of unbranched alkanes of at least 4 members (excludes halogenated alkanes) is 9. The van der Waals surface area contributed by atoms with Gasteiger partial charge in [-0.05, 0) is 135 Å². The first kappa shape index (κ1) is 65.0. The van der Waals surface area contributed by atoms with Gasteiger partial charge in [0.25, 0.3) is 0 Å². The standard InChI is InChI=1S/C65H98O5/c1-3-5-7-9-11-13-15-17-19-21-23-25-26-27-28-29-30-31-32-33-34-35-36-37-38-40-42-44-46-48-50-52-54-56-58-60-65(68)70-63(61-66)62-69-64(67)59-57-55-53-51-49-47-45-43-41-39-24-22-20-18-16-14-12-10-8-6-4-2/h5-8,11-14,17-20,23-25,27-28,30-31,33-34,36-37,39-40,42-43,45,49,51,63,66H,3-4,9-10,15-16,21-22,26,29,32,35,38,41,44,46-48,50,52-62H2,1-2H3/b7-5-,8-6-,13-11-,14-12-,19-17-,20-18-,25-23-,28-27-,31-30-,34-33-,37-36-,39-24-,42-40-,45-43-,51-49-. The van der Waals surface area contributed by atoms with Crippen LogP contribution in [0, 0.1) is 0 Å². The molecule has 1 N–H and O–H groups in total. The molecule has 0 aromatic heterocycles. The molecule has 1 unspecified atom stereocenters. The van der Waals surface area contributed by atoms with Crippen LogP contribution in [0.5, 0.6) is 0 Å². The van der Waals surface area contributed by atoms with Crippen molar-refractivity contribution in [1.29, 1.82) is 0 Å². The van der Waals surface area contributed by atoms with Gasteiger partial charge in [0.05, 0.1) is 6.61 Å². The van der Waals surface area contributed by atoms with Crippen LogP contribution >= 0.6 is 0 Å². The Kier molecular flexibility index (Phi) is 54.1. The predicted molar refractivity (Wildman–Crippen MR) is 306 cm³/mol. The van der Waals surface area contributed by atoms with E-state index < -0.39 is 6.10 Å². The summed E-state index contributed by atoms with van der Waals surface area (Å²) < 4.78 is 10.6. The average Bonchev–Trinajstić information content (AvgIpc) is 3.36. The Bertz CT molecular complexity index is 1650. The zero-order valence-corrected chi connectivity index (χ0v) is 44.2. The minimum atomic E-state index is -0.812. The molecule has 0 bridgehead atoms. The molecule has 0 aliphatic rings. The number of allylic oxidation sites excluding steroid dienone is 30. The second kappa shape index (κ2) is 58.3. The summed E-state index contributed by atoms with van der Waals surface area (Å²) in [5, 5.41) is 9.64. The molecule has 0 aromatic carbocycles. The maximum absolute atomic E-state index is 12.3. The molecule has 0 aliphatic heterocycles. The Balaban J connectivity index is 3.69. The lowest BCUT2D eigenvalue weighted by atomic mass is 10.1. The molecular weight excluding hydrogens is 861 g/mol. The van der Waals surface area contributed by atoms with E-state index in [9.17, 15) is 14.7 Å². The summed E-state index contributed by atoms with van der Waals surface area (Å²) in [5.41, 5.74) is 0. The molecule has 5 nitrogen and oxygen atoms in total. The van der Waals surface area contributed by atoms with Gasteiger partial charge in [0.15, 0.2) is 6.10 Å². The van der Waals surface area contributed by atoms with Crippen LogP contribution in [0.25, 0.3) is 0 Å². The van der Waals surface area contributed by atoms with Crippen molar-refractivity contribution in [1.82, 2.24) is 0 Å². The minimum Gasteiger partial charge on any atom is -0.462 e. The zero-order chi connectivity index (χ0) is 50.6. The second-order valence-corrected chi connectivity index (χ2v) is 17.2. The number of carbonyl (C=O) groups excluding carboxylic acids is 2. The van der Waals surface area contributed by atoms with Crippen LogP contribution in [-0.2, 0) is 19.1 Å². The highest BCUT2D eigenvalue weighted by atomic mass is 16.6. The molecule has 0 rings (SSSR count). The molecule has 0 heterocycles. The van der Waals surface area contributed by atoms with Gasteiger partial charge in [-0.2, -0.15) is 0 Å². The maximum Gasteiger partial charge on any atom is 0.306 e. The molecule has 0 spiro atoms. The van der Waals surface area contributed by atoms with E-state index in [4.69, 9.17) is 9.47 Å². The third-order valence-corrected chi connectivity index (χ3v) is 10.7. The average molecular weight is 959 g/mol. The molecule has 5 heteroatoms. The van der Waals surface area contributed by atoms with Crippen LogP contribution in [-0.4, -0.2) is 36.4 Å². The quantitative estimate of drug-likeness (QED) is 0.0374. The number of aliphatic hydroxyl groups is 1. The minimum absolute atomic E-state index is 0.107. The lowest BCUT2D eigenvalue weighted by Gasteiger charge is -2.15. The highest BCUT2D eigenvalue weighted by Crippen LogP contribution is 2.12. The van der Waals surface area contributed by atoms with Crippen molar-refractivity contribution >= 4 is 11.9 Å². The second-order valence-electron chi connectivity index (χ2n) is 17.2. The Labute approximate surface area is 429 Å². The first-order valence-corrected chi connectivity index (χ1v) is 27.3. The van der Waals surface area contributed by atoms with Gasteiger partial charge in [-0.3, -0.25) is 9.59 Å². The van der Waals surface area contributed by atoms with Crippen LogP contribution in [0.3, 0.4) is 0 Å². The number of rotatable bonds is 47. The summed E-state index contributed by atoms with van der Waals surface area (Å²) in [6.07, 6.45) is 92.7. The molecule has 0 aromatic rings. The predicted octanol–water partition coefficient (Wildman–Crippen LogP) is 18.7. The maximum atomic E-state index is 12.3. The van der Waals surface area contributed by atoms with Gasteiger partial charge >= 0.3 is 11.9 Å². The number of aliphatic hydroxyl groups excluding tert-OH is 1. The molecule has 0 aliphatic carbocycles. The van der Waals surface area contributed by atoms with E-state index in [1.807, 2.05) is 0 Å². The molecule has 0 fully saturated rings. The number of carbonyl (C=O) groups is 2. The Morgan fingerprint density at radius 2 is 0.571 bits per heavy atom. The van der Waals surface area contributed by atoms with Gasteiger partial charge in [0.2, 0.25) is 0 Å². The van der Waals surface area contributed by atoms with Gasteiger partial charge in [0.1, 0.15) is 6.61 Å². The van der Waals surface area contributed by atoms with Crippen molar-refractivity contribution in [2.75, 3.05) is 13.2 Å². The van der Waals surface area contributed by atoms with E-state index in [-0.39, 0.29) is 25.2 Å². The number of ether oxygens (including phenoxy) is 2. The lowest BCUT2D eigenvalue weighted by Crippen LogP contribution is -2.28.